The van der Waals surface area contributed by atoms with Crippen LogP contribution in [0.1, 0.15) is 16.1 Å². The summed E-state index contributed by atoms with van der Waals surface area (Å²) in [6.45, 7) is 1.71. The van der Waals surface area contributed by atoms with E-state index < -0.39 is 16.0 Å². The molecule has 1 aromatic heterocycles. The molecule has 0 aliphatic carbocycles. The predicted molar refractivity (Wildman–Crippen MR) is 93.6 cm³/mol. The largest absolute Gasteiger partial charge is 0.464 e. The van der Waals surface area contributed by atoms with Gasteiger partial charge in [0.15, 0.2) is 0 Å². The van der Waals surface area contributed by atoms with Gasteiger partial charge in [-0.1, -0.05) is 36.4 Å². The van der Waals surface area contributed by atoms with Crippen LogP contribution in [0, 0.1) is 6.92 Å². The fraction of sp³-hybridized carbons (Fsp3) is 0.111. The Morgan fingerprint density at radius 1 is 1.08 bits per heavy atom. The van der Waals surface area contributed by atoms with Crippen LogP contribution in [0.3, 0.4) is 0 Å². The number of carbonyl (C=O) groups excluding carboxylic acids is 1. The van der Waals surface area contributed by atoms with Gasteiger partial charge in [-0.25, -0.2) is 4.79 Å². The molecule has 3 rings (SSSR count). The SMILES string of the molecule is COC(=O)c1c/c(=N/S(=O)(=O)c2ccccc2C)c2ccccc2[nH]1. The van der Waals surface area contributed by atoms with E-state index >= 15 is 0 Å². The summed E-state index contributed by atoms with van der Waals surface area (Å²) < 4.78 is 34.1. The number of H-pyrrole nitrogens is 1. The summed E-state index contributed by atoms with van der Waals surface area (Å²) in [5, 5.41) is 0.769. The van der Waals surface area contributed by atoms with Crippen molar-refractivity contribution in [2.24, 2.45) is 4.40 Å². The van der Waals surface area contributed by atoms with Crippen LogP contribution in [-0.2, 0) is 14.8 Å². The molecule has 0 bridgehead atoms. The molecule has 0 spiro atoms. The number of para-hydroxylation sites is 1. The third-order valence-electron chi connectivity index (χ3n) is 3.75. The molecule has 0 saturated heterocycles. The van der Waals surface area contributed by atoms with Gasteiger partial charge >= 0.3 is 5.97 Å². The summed E-state index contributed by atoms with van der Waals surface area (Å²) in [6.07, 6.45) is 0. The number of pyridine rings is 1. The Morgan fingerprint density at radius 3 is 2.48 bits per heavy atom. The Balaban J connectivity index is 2.32. The van der Waals surface area contributed by atoms with Crippen molar-refractivity contribution in [3.05, 3.63) is 71.2 Å². The molecule has 0 radical (unpaired) electrons. The van der Waals surface area contributed by atoms with Gasteiger partial charge in [0.25, 0.3) is 10.0 Å². The Labute approximate surface area is 144 Å². The van der Waals surface area contributed by atoms with Crippen molar-refractivity contribution in [2.75, 3.05) is 7.11 Å². The van der Waals surface area contributed by atoms with Gasteiger partial charge in [0.2, 0.25) is 0 Å². The molecule has 7 heteroatoms. The number of aryl methyl sites for hydroxylation is 1. The van der Waals surface area contributed by atoms with Crippen LogP contribution in [0.25, 0.3) is 10.9 Å². The third kappa shape index (κ3) is 3.32. The summed E-state index contributed by atoms with van der Waals surface area (Å²) in [5.41, 5.74) is 1.32. The standard InChI is InChI=1S/C18H16N2O4S/c1-12-7-3-6-10-17(12)25(22,23)20-15-11-16(18(21)24-2)19-14-9-5-4-8-13(14)15/h3-11H,1-2H3,(H,19,20). The number of aromatic nitrogens is 1. The van der Waals surface area contributed by atoms with Gasteiger partial charge in [0.05, 0.1) is 17.4 Å². The van der Waals surface area contributed by atoms with E-state index in [0.717, 1.165) is 0 Å². The average Bonchev–Trinajstić information content (AvgIpc) is 2.60. The number of hydrogen-bond donors (Lipinski definition) is 1. The molecule has 0 fully saturated rings. The van der Waals surface area contributed by atoms with Crippen LogP contribution in [0.2, 0.25) is 0 Å². The first-order chi connectivity index (χ1) is 11.9. The highest BCUT2D eigenvalue weighted by Crippen LogP contribution is 2.17. The van der Waals surface area contributed by atoms with Crippen molar-refractivity contribution in [2.45, 2.75) is 11.8 Å². The van der Waals surface area contributed by atoms with Gasteiger partial charge in [-0.2, -0.15) is 12.8 Å². The lowest BCUT2D eigenvalue weighted by atomic mass is 10.2. The fourth-order valence-electron chi connectivity index (χ4n) is 2.53. The second kappa shape index (κ2) is 6.52. The zero-order chi connectivity index (χ0) is 18.0. The number of hydrogen-bond acceptors (Lipinski definition) is 4. The van der Waals surface area contributed by atoms with Gasteiger partial charge in [0.1, 0.15) is 5.69 Å². The zero-order valence-corrected chi connectivity index (χ0v) is 14.5. The number of nitrogens with one attached hydrogen (secondary N) is 1. The Morgan fingerprint density at radius 2 is 1.76 bits per heavy atom. The number of fused-ring (bicyclic) bond motifs is 1. The van der Waals surface area contributed by atoms with E-state index in [9.17, 15) is 13.2 Å². The van der Waals surface area contributed by atoms with Gasteiger partial charge < -0.3 is 9.72 Å². The van der Waals surface area contributed by atoms with Crippen molar-refractivity contribution in [3.63, 3.8) is 0 Å². The van der Waals surface area contributed by atoms with Gasteiger partial charge in [-0.15, -0.1) is 0 Å². The zero-order valence-electron chi connectivity index (χ0n) is 13.7. The number of esters is 1. The highest BCUT2D eigenvalue weighted by Gasteiger charge is 2.16. The number of methoxy groups -OCH3 is 1. The van der Waals surface area contributed by atoms with E-state index in [1.807, 2.05) is 0 Å². The fourth-order valence-corrected chi connectivity index (χ4v) is 3.76. The maximum Gasteiger partial charge on any atom is 0.354 e. The molecule has 128 valence electrons. The molecule has 2 aromatic carbocycles. The molecule has 0 aliphatic heterocycles. The predicted octanol–water partition coefficient (Wildman–Crippen LogP) is 2.55. The Kier molecular flexibility index (Phi) is 4.41. The van der Waals surface area contributed by atoms with Gasteiger partial charge in [-0.3, -0.25) is 0 Å². The second-order valence-corrected chi connectivity index (χ2v) is 7.01. The first-order valence-electron chi connectivity index (χ1n) is 7.49. The molecule has 0 atom stereocenters. The Bertz CT molecular complexity index is 1130. The van der Waals surface area contributed by atoms with Crippen molar-refractivity contribution in [3.8, 4) is 0 Å². The number of nitrogens with zero attached hydrogens (tertiary/aromatic N) is 1. The molecule has 6 nitrogen and oxygen atoms in total. The monoisotopic (exact) mass is 356 g/mol. The van der Waals surface area contributed by atoms with Crippen LogP contribution < -0.4 is 5.36 Å². The summed E-state index contributed by atoms with van der Waals surface area (Å²) in [4.78, 5) is 14.9. The molecule has 1 N–H and O–H groups in total. The second-order valence-electron chi connectivity index (χ2n) is 5.44. The molecule has 0 amide bonds. The molecule has 3 aromatic rings. The van der Waals surface area contributed by atoms with Crippen molar-refractivity contribution in [1.82, 2.24) is 4.98 Å². The topological polar surface area (TPSA) is 88.6 Å². The minimum absolute atomic E-state index is 0.125. The van der Waals surface area contributed by atoms with E-state index in [2.05, 4.69) is 9.38 Å². The van der Waals surface area contributed by atoms with Crippen molar-refractivity contribution < 1.29 is 17.9 Å². The third-order valence-corrected chi connectivity index (χ3v) is 5.20. The summed E-state index contributed by atoms with van der Waals surface area (Å²) >= 11 is 0. The molecule has 1 heterocycles. The maximum absolute atomic E-state index is 12.7. The molecule has 0 aliphatic rings. The van der Waals surface area contributed by atoms with Gasteiger partial charge in [-0.05, 0) is 30.7 Å². The van der Waals surface area contributed by atoms with Crippen LogP contribution in [-0.4, -0.2) is 26.5 Å². The minimum atomic E-state index is -3.93. The average molecular weight is 356 g/mol. The van der Waals surface area contributed by atoms with Crippen LogP contribution in [0.5, 0.6) is 0 Å². The summed E-state index contributed by atoms with van der Waals surface area (Å²) in [5.74, 6) is -0.601. The molecular weight excluding hydrogens is 340 g/mol. The van der Waals surface area contributed by atoms with Crippen LogP contribution >= 0.6 is 0 Å². The van der Waals surface area contributed by atoms with Gasteiger partial charge in [0, 0.05) is 10.9 Å². The summed E-state index contributed by atoms with van der Waals surface area (Å²) in [6, 6.07) is 15.0. The molecule has 0 saturated carbocycles. The molecule has 25 heavy (non-hydrogen) atoms. The van der Waals surface area contributed by atoms with E-state index in [1.165, 1.54) is 19.2 Å². The smallest absolute Gasteiger partial charge is 0.354 e. The number of carbonyl (C=O) groups is 1. The van der Waals surface area contributed by atoms with Crippen molar-refractivity contribution in [1.29, 1.82) is 0 Å². The minimum Gasteiger partial charge on any atom is -0.464 e. The highest BCUT2D eigenvalue weighted by molar-refractivity contribution is 7.90. The number of ether oxygens (including phenoxy) is 1. The molecule has 0 unspecified atom stereocenters. The normalized spacial score (nSPS) is 12.3. The first-order valence-corrected chi connectivity index (χ1v) is 8.93. The Hall–Kier alpha value is -2.93. The van der Waals surface area contributed by atoms with E-state index in [1.54, 1.807) is 49.4 Å². The number of benzene rings is 2. The number of sulfonamides is 1. The van der Waals surface area contributed by atoms with E-state index in [0.29, 0.717) is 16.5 Å². The van der Waals surface area contributed by atoms with Crippen LogP contribution in [0.4, 0.5) is 0 Å². The molecular formula is C18H16N2O4S. The first kappa shape index (κ1) is 16.9. The van der Waals surface area contributed by atoms with Crippen molar-refractivity contribution >= 4 is 26.9 Å². The van der Waals surface area contributed by atoms with Crippen LogP contribution in [0.15, 0.2) is 63.9 Å². The summed E-state index contributed by atoms with van der Waals surface area (Å²) in [7, 11) is -2.67. The lowest BCUT2D eigenvalue weighted by Crippen LogP contribution is -2.15. The maximum atomic E-state index is 12.7. The highest BCUT2D eigenvalue weighted by atomic mass is 32.2. The lowest BCUT2D eigenvalue weighted by Gasteiger charge is -2.06. The number of aromatic amines is 1. The van der Waals surface area contributed by atoms with E-state index in [4.69, 9.17) is 4.74 Å². The lowest BCUT2D eigenvalue weighted by molar-refractivity contribution is 0.0594. The van der Waals surface area contributed by atoms with E-state index in [-0.39, 0.29) is 15.9 Å². The number of rotatable bonds is 3. The quantitative estimate of drug-likeness (QED) is 0.731.